The maximum Gasteiger partial charge on any atom is 0.241 e. The number of thiophene rings is 1. The quantitative estimate of drug-likeness (QED) is 0.874. The zero-order valence-corrected chi connectivity index (χ0v) is 10.3. The molecule has 0 aliphatic heterocycles. The van der Waals surface area contributed by atoms with Crippen LogP contribution >= 0.6 is 11.3 Å². The van der Waals surface area contributed by atoms with Crippen molar-refractivity contribution >= 4 is 22.9 Å². The largest absolute Gasteiger partial charge is 0.324 e. The zero-order valence-electron chi connectivity index (χ0n) is 9.51. The van der Waals surface area contributed by atoms with Gasteiger partial charge >= 0.3 is 0 Å². The number of carbonyl (C=O) groups is 1. The van der Waals surface area contributed by atoms with E-state index in [1.165, 1.54) is 0 Å². The molecule has 0 bridgehead atoms. The van der Waals surface area contributed by atoms with Crippen molar-refractivity contribution in [2.24, 2.45) is 5.73 Å². The molecule has 0 fully saturated rings. The summed E-state index contributed by atoms with van der Waals surface area (Å²) < 4.78 is 0. The number of rotatable bonds is 3. The van der Waals surface area contributed by atoms with Crippen molar-refractivity contribution in [3.8, 4) is 10.4 Å². The Hall–Kier alpha value is -1.65. The van der Waals surface area contributed by atoms with Gasteiger partial charge in [-0.15, -0.1) is 11.3 Å². The third-order valence-corrected chi connectivity index (χ3v) is 3.29. The van der Waals surface area contributed by atoms with Crippen molar-refractivity contribution in [1.29, 1.82) is 0 Å². The Morgan fingerprint density at radius 3 is 2.71 bits per heavy atom. The van der Waals surface area contributed by atoms with E-state index in [4.69, 9.17) is 5.73 Å². The lowest BCUT2D eigenvalue weighted by molar-refractivity contribution is -0.117. The van der Waals surface area contributed by atoms with Gasteiger partial charge < -0.3 is 11.1 Å². The number of carbonyl (C=O) groups excluding carboxylic acids is 1. The summed E-state index contributed by atoms with van der Waals surface area (Å²) in [4.78, 5) is 12.7. The summed E-state index contributed by atoms with van der Waals surface area (Å²) in [6, 6.07) is 11.2. The minimum Gasteiger partial charge on any atom is -0.324 e. The van der Waals surface area contributed by atoms with Crippen LogP contribution in [0.5, 0.6) is 0 Å². The number of hydrogen-bond acceptors (Lipinski definition) is 3. The van der Waals surface area contributed by atoms with Crippen molar-refractivity contribution in [3.63, 3.8) is 0 Å². The maximum absolute atomic E-state index is 11.6. The minimum atomic E-state index is -0.508. The molecule has 1 aromatic carbocycles. The highest BCUT2D eigenvalue weighted by atomic mass is 32.1. The Morgan fingerprint density at radius 2 is 2.06 bits per heavy atom. The molecule has 1 atom stereocenters. The SMILES string of the molecule is C[C@@H](N)C(=O)Nc1ccccc1-c1cccs1. The first kappa shape index (κ1) is 11.8. The van der Waals surface area contributed by atoms with Crippen molar-refractivity contribution in [2.45, 2.75) is 13.0 Å². The average Bonchev–Trinajstić information content (AvgIpc) is 2.83. The predicted molar refractivity (Wildman–Crippen MR) is 72.0 cm³/mol. The minimum absolute atomic E-state index is 0.172. The van der Waals surface area contributed by atoms with Crippen molar-refractivity contribution in [1.82, 2.24) is 0 Å². The molecule has 17 heavy (non-hydrogen) atoms. The molecule has 2 rings (SSSR count). The Balaban J connectivity index is 2.32. The predicted octanol–water partition coefficient (Wildman–Crippen LogP) is 2.70. The van der Waals surface area contributed by atoms with Gasteiger partial charge in [-0.2, -0.15) is 0 Å². The van der Waals surface area contributed by atoms with E-state index in [1.54, 1.807) is 18.3 Å². The first-order valence-corrected chi connectivity index (χ1v) is 6.26. The molecule has 2 aromatic rings. The second-order valence-corrected chi connectivity index (χ2v) is 4.75. The Bertz CT molecular complexity index is 506. The summed E-state index contributed by atoms with van der Waals surface area (Å²) in [5.74, 6) is -0.172. The first-order chi connectivity index (χ1) is 8.18. The molecule has 0 radical (unpaired) electrons. The Labute approximate surface area is 104 Å². The van der Waals surface area contributed by atoms with Crippen LogP contribution in [0.2, 0.25) is 0 Å². The van der Waals surface area contributed by atoms with Crippen LogP contribution in [-0.4, -0.2) is 11.9 Å². The van der Waals surface area contributed by atoms with Crippen molar-refractivity contribution < 1.29 is 4.79 Å². The Morgan fingerprint density at radius 1 is 1.29 bits per heavy atom. The molecule has 4 heteroatoms. The molecule has 0 aliphatic rings. The van der Waals surface area contributed by atoms with E-state index >= 15 is 0 Å². The highest BCUT2D eigenvalue weighted by Crippen LogP contribution is 2.31. The van der Waals surface area contributed by atoms with Gasteiger partial charge in [-0.25, -0.2) is 0 Å². The van der Waals surface area contributed by atoms with E-state index in [9.17, 15) is 4.79 Å². The molecule has 0 saturated carbocycles. The molecular weight excluding hydrogens is 232 g/mol. The van der Waals surface area contributed by atoms with Gasteiger partial charge in [-0.05, 0) is 24.4 Å². The van der Waals surface area contributed by atoms with Gasteiger partial charge in [0, 0.05) is 16.1 Å². The topological polar surface area (TPSA) is 55.1 Å². The number of amides is 1. The average molecular weight is 246 g/mol. The van der Waals surface area contributed by atoms with Crippen LogP contribution in [0, 0.1) is 0 Å². The van der Waals surface area contributed by atoms with E-state index in [1.807, 2.05) is 41.8 Å². The van der Waals surface area contributed by atoms with E-state index in [0.29, 0.717) is 0 Å². The molecule has 1 heterocycles. The fourth-order valence-corrected chi connectivity index (χ4v) is 2.25. The summed E-state index contributed by atoms with van der Waals surface area (Å²) in [7, 11) is 0. The summed E-state index contributed by atoms with van der Waals surface area (Å²) >= 11 is 1.64. The van der Waals surface area contributed by atoms with Crippen molar-refractivity contribution in [3.05, 3.63) is 41.8 Å². The van der Waals surface area contributed by atoms with Crippen LogP contribution < -0.4 is 11.1 Å². The molecule has 0 unspecified atom stereocenters. The van der Waals surface area contributed by atoms with Gasteiger partial charge in [0.1, 0.15) is 0 Å². The van der Waals surface area contributed by atoms with Crippen LogP contribution in [0.1, 0.15) is 6.92 Å². The zero-order chi connectivity index (χ0) is 12.3. The molecule has 3 N–H and O–H groups in total. The molecule has 0 spiro atoms. The van der Waals surface area contributed by atoms with Gasteiger partial charge in [0.25, 0.3) is 0 Å². The Kier molecular flexibility index (Phi) is 3.56. The summed E-state index contributed by atoms with van der Waals surface area (Å²) in [5.41, 5.74) is 7.37. The lowest BCUT2D eigenvalue weighted by Crippen LogP contribution is -2.32. The molecule has 3 nitrogen and oxygen atoms in total. The summed E-state index contributed by atoms with van der Waals surface area (Å²) in [6.07, 6.45) is 0. The summed E-state index contributed by atoms with van der Waals surface area (Å²) in [5, 5.41) is 4.85. The second kappa shape index (κ2) is 5.12. The van der Waals surface area contributed by atoms with E-state index in [2.05, 4.69) is 5.32 Å². The molecular formula is C13H14N2OS. The van der Waals surface area contributed by atoms with Crippen molar-refractivity contribution in [2.75, 3.05) is 5.32 Å². The van der Waals surface area contributed by atoms with Crippen LogP contribution in [0.3, 0.4) is 0 Å². The van der Waals surface area contributed by atoms with Gasteiger partial charge in [0.15, 0.2) is 0 Å². The van der Waals surface area contributed by atoms with Gasteiger partial charge in [0.2, 0.25) is 5.91 Å². The van der Waals surface area contributed by atoms with E-state index in [0.717, 1.165) is 16.1 Å². The number of nitrogens with two attached hydrogens (primary N) is 1. The van der Waals surface area contributed by atoms with E-state index in [-0.39, 0.29) is 5.91 Å². The van der Waals surface area contributed by atoms with Gasteiger partial charge in [0.05, 0.1) is 6.04 Å². The highest BCUT2D eigenvalue weighted by Gasteiger charge is 2.11. The fraction of sp³-hybridized carbons (Fsp3) is 0.154. The maximum atomic E-state index is 11.6. The van der Waals surface area contributed by atoms with Crippen LogP contribution in [0.4, 0.5) is 5.69 Å². The lowest BCUT2D eigenvalue weighted by Gasteiger charge is -2.11. The number of benzene rings is 1. The normalized spacial score (nSPS) is 12.1. The van der Waals surface area contributed by atoms with Gasteiger partial charge in [-0.1, -0.05) is 24.3 Å². The lowest BCUT2D eigenvalue weighted by atomic mass is 10.1. The molecule has 0 aliphatic carbocycles. The molecule has 0 saturated heterocycles. The third kappa shape index (κ3) is 2.72. The standard InChI is InChI=1S/C13H14N2OS/c1-9(14)13(16)15-11-6-3-2-5-10(11)12-7-4-8-17-12/h2-9H,14H2,1H3,(H,15,16)/t9-/m1/s1. The van der Waals surface area contributed by atoms with Crippen LogP contribution in [-0.2, 0) is 4.79 Å². The van der Waals surface area contributed by atoms with Crippen LogP contribution in [0.25, 0.3) is 10.4 Å². The fourth-order valence-electron chi connectivity index (χ4n) is 1.49. The van der Waals surface area contributed by atoms with E-state index < -0.39 is 6.04 Å². The highest BCUT2D eigenvalue weighted by molar-refractivity contribution is 7.13. The molecule has 88 valence electrons. The molecule has 1 amide bonds. The van der Waals surface area contributed by atoms with Crippen LogP contribution in [0.15, 0.2) is 41.8 Å². The smallest absolute Gasteiger partial charge is 0.241 e. The number of para-hydroxylation sites is 1. The van der Waals surface area contributed by atoms with Gasteiger partial charge in [-0.3, -0.25) is 4.79 Å². The second-order valence-electron chi connectivity index (χ2n) is 3.80. The first-order valence-electron chi connectivity index (χ1n) is 5.38. The monoisotopic (exact) mass is 246 g/mol. The number of nitrogens with one attached hydrogen (secondary N) is 1. The number of anilines is 1. The number of hydrogen-bond donors (Lipinski definition) is 2. The molecule has 1 aromatic heterocycles. The third-order valence-electron chi connectivity index (χ3n) is 2.39. The summed E-state index contributed by atoms with van der Waals surface area (Å²) in [6.45, 7) is 1.67.